The maximum atomic E-state index is 10.9. The number of nitrogens with two attached hydrogens (primary N) is 2. The third-order valence-electron chi connectivity index (χ3n) is 6.66. The van der Waals surface area contributed by atoms with Gasteiger partial charge in [0, 0.05) is 16.9 Å². The summed E-state index contributed by atoms with van der Waals surface area (Å²) in [5, 5.41) is 27.1. The third kappa shape index (κ3) is 3.26. The van der Waals surface area contributed by atoms with Gasteiger partial charge in [-0.2, -0.15) is 9.61 Å². The highest BCUT2D eigenvalue weighted by Crippen LogP contribution is 2.49. The van der Waals surface area contributed by atoms with E-state index < -0.39 is 17.6 Å². The van der Waals surface area contributed by atoms with Crippen molar-refractivity contribution in [1.82, 2.24) is 24.6 Å². The number of fused-ring (bicyclic) bond motifs is 2. The molecule has 1 fully saturated rings. The van der Waals surface area contributed by atoms with Gasteiger partial charge in [-0.25, -0.2) is 15.0 Å². The summed E-state index contributed by atoms with van der Waals surface area (Å²) in [7, 11) is 0. The van der Waals surface area contributed by atoms with Crippen LogP contribution in [-0.2, 0) is 6.42 Å². The fraction of sp³-hybridized carbons (Fsp3) is 0.364. The van der Waals surface area contributed by atoms with Gasteiger partial charge in [-0.05, 0) is 48.4 Å². The molecular weight excluding hydrogens is 394 g/mol. The monoisotopic (exact) mass is 419 g/mol. The Morgan fingerprint density at radius 1 is 1.16 bits per heavy atom. The first-order valence-electron chi connectivity index (χ1n) is 10.3. The average Bonchev–Trinajstić information content (AvgIpc) is 3.28. The van der Waals surface area contributed by atoms with Crippen molar-refractivity contribution in [2.24, 2.45) is 5.41 Å². The molecule has 0 radical (unpaired) electrons. The van der Waals surface area contributed by atoms with E-state index in [0.717, 1.165) is 28.5 Å². The van der Waals surface area contributed by atoms with E-state index in [1.807, 2.05) is 25.1 Å². The minimum atomic E-state index is -0.910. The van der Waals surface area contributed by atoms with Crippen LogP contribution in [0.1, 0.15) is 36.8 Å². The Bertz CT molecular complexity index is 1270. The summed E-state index contributed by atoms with van der Waals surface area (Å²) in [6.45, 7) is 2.02. The van der Waals surface area contributed by atoms with Gasteiger partial charge in [0.25, 0.3) is 0 Å². The fourth-order valence-electron chi connectivity index (χ4n) is 4.79. The number of aliphatic hydroxyl groups excluding tert-OH is 2. The lowest BCUT2D eigenvalue weighted by atomic mass is 9.79. The van der Waals surface area contributed by atoms with Crippen LogP contribution < -0.4 is 11.5 Å². The van der Waals surface area contributed by atoms with Crippen LogP contribution in [0, 0.1) is 5.41 Å². The van der Waals surface area contributed by atoms with Gasteiger partial charge in [0.05, 0.1) is 23.9 Å². The number of hydrogen-bond donors (Lipinski definition) is 4. The van der Waals surface area contributed by atoms with E-state index in [1.54, 1.807) is 12.3 Å². The van der Waals surface area contributed by atoms with E-state index in [4.69, 9.17) is 11.5 Å². The molecule has 0 spiro atoms. The van der Waals surface area contributed by atoms with Crippen molar-refractivity contribution in [1.29, 1.82) is 0 Å². The number of pyridine rings is 1. The van der Waals surface area contributed by atoms with E-state index in [2.05, 4.69) is 26.1 Å². The van der Waals surface area contributed by atoms with E-state index in [-0.39, 0.29) is 11.9 Å². The highest BCUT2D eigenvalue weighted by atomic mass is 16.3. The van der Waals surface area contributed by atoms with Crippen LogP contribution >= 0.6 is 0 Å². The second-order valence-electron chi connectivity index (χ2n) is 8.73. The number of aryl methyl sites for hydroxylation is 1. The normalized spacial score (nSPS) is 26.1. The standard InChI is InChI=1S/C22H25N7O2/c1-22(7-6-12-2-3-13-4-5-17(23)28-16(13)8-12)9-14(18(30)19(22)31)15-10-27-29-20(15)25-11-26-21(29)24/h2-5,8,10-11,14,18-19,30-31H,6-7,9H2,1H3,(H2,23,28)(H2,24,25,26)/t14-,18-,19-,22-/m0/s1. The van der Waals surface area contributed by atoms with Gasteiger partial charge in [0.2, 0.25) is 5.95 Å². The van der Waals surface area contributed by atoms with Crippen molar-refractivity contribution in [2.45, 2.75) is 44.3 Å². The number of nitrogens with zero attached hydrogens (tertiary/aromatic N) is 5. The van der Waals surface area contributed by atoms with Crippen LogP contribution in [0.25, 0.3) is 16.6 Å². The van der Waals surface area contributed by atoms with Gasteiger partial charge in [0.1, 0.15) is 12.1 Å². The van der Waals surface area contributed by atoms with Crippen molar-refractivity contribution in [3.05, 3.63) is 54.0 Å². The Hall–Kier alpha value is -3.30. The predicted molar refractivity (Wildman–Crippen MR) is 117 cm³/mol. The fourth-order valence-corrected chi connectivity index (χ4v) is 4.79. The Kier molecular flexibility index (Phi) is 4.53. The van der Waals surface area contributed by atoms with Crippen LogP contribution in [0.5, 0.6) is 0 Å². The largest absolute Gasteiger partial charge is 0.390 e. The summed E-state index contributed by atoms with van der Waals surface area (Å²) in [5.41, 5.74) is 14.5. The molecule has 6 N–H and O–H groups in total. The Morgan fingerprint density at radius 3 is 2.81 bits per heavy atom. The maximum absolute atomic E-state index is 10.9. The maximum Gasteiger partial charge on any atom is 0.224 e. The molecule has 1 aliphatic carbocycles. The first kappa shape index (κ1) is 19.7. The number of rotatable bonds is 4. The molecule has 4 atom stereocenters. The van der Waals surface area contributed by atoms with E-state index in [0.29, 0.717) is 24.3 Å². The summed E-state index contributed by atoms with van der Waals surface area (Å²) in [6, 6.07) is 9.89. The molecule has 4 aromatic rings. The van der Waals surface area contributed by atoms with Crippen LogP contribution in [0.2, 0.25) is 0 Å². The topological polar surface area (TPSA) is 148 Å². The first-order chi connectivity index (χ1) is 14.9. The number of nitrogen functional groups attached to an aromatic ring is 2. The predicted octanol–water partition coefficient (Wildman–Crippen LogP) is 1.69. The summed E-state index contributed by atoms with van der Waals surface area (Å²) >= 11 is 0. The number of anilines is 2. The Balaban J connectivity index is 1.39. The van der Waals surface area contributed by atoms with Crippen molar-refractivity contribution in [3.8, 4) is 0 Å². The molecular formula is C22H25N7O2. The molecule has 9 nitrogen and oxygen atoms in total. The van der Waals surface area contributed by atoms with Crippen molar-refractivity contribution in [3.63, 3.8) is 0 Å². The molecule has 0 amide bonds. The second kappa shape index (κ2) is 7.14. The van der Waals surface area contributed by atoms with Crippen molar-refractivity contribution >= 4 is 28.3 Å². The first-order valence-corrected chi connectivity index (χ1v) is 10.3. The molecule has 5 rings (SSSR count). The zero-order chi connectivity index (χ0) is 21.8. The van der Waals surface area contributed by atoms with E-state index in [1.165, 1.54) is 10.8 Å². The zero-order valence-corrected chi connectivity index (χ0v) is 17.2. The molecule has 3 heterocycles. The van der Waals surface area contributed by atoms with Crippen LogP contribution in [0.4, 0.5) is 11.8 Å². The molecule has 9 heteroatoms. The number of hydrogen-bond acceptors (Lipinski definition) is 8. The van der Waals surface area contributed by atoms with Crippen LogP contribution in [0.15, 0.2) is 42.9 Å². The minimum absolute atomic E-state index is 0.234. The van der Waals surface area contributed by atoms with Gasteiger partial charge >= 0.3 is 0 Å². The van der Waals surface area contributed by atoms with Crippen LogP contribution in [-0.4, -0.2) is 47.0 Å². The molecule has 0 aliphatic heterocycles. The Labute approximate surface area is 178 Å². The van der Waals surface area contributed by atoms with Gasteiger partial charge in [-0.15, -0.1) is 0 Å². The molecule has 1 aromatic carbocycles. The lowest BCUT2D eigenvalue weighted by molar-refractivity contribution is -0.0201. The molecule has 31 heavy (non-hydrogen) atoms. The van der Waals surface area contributed by atoms with Gasteiger partial charge in [-0.3, -0.25) is 0 Å². The second-order valence-corrected chi connectivity index (χ2v) is 8.73. The number of aliphatic hydroxyl groups is 2. The molecule has 3 aromatic heterocycles. The summed E-state index contributed by atoms with van der Waals surface area (Å²) < 4.78 is 1.46. The van der Waals surface area contributed by atoms with Gasteiger partial charge < -0.3 is 21.7 Å². The molecule has 0 unspecified atom stereocenters. The van der Waals surface area contributed by atoms with E-state index >= 15 is 0 Å². The Morgan fingerprint density at radius 2 is 1.97 bits per heavy atom. The molecule has 160 valence electrons. The summed E-state index contributed by atoms with van der Waals surface area (Å²) in [6.07, 6.45) is 3.35. The van der Waals surface area contributed by atoms with Gasteiger partial charge in [-0.1, -0.05) is 19.1 Å². The average molecular weight is 419 g/mol. The minimum Gasteiger partial charge on any atom is -0.390 e. The van der Waals surface area contributed by atoms with Gasteiger partial charge in [0.15, 0.2) is 5.65 Å². The van der Waals surface area contributed by atoms with Crippen molar-refractivity contribution in [2.75, 3.05) is 11.5 Å². The number of aromatic nitrogens is 5. The smallest absolute Gasteiger partial charge is 0.224 e. The number of benzene rings is 1. The molecule has 1 aliphatic rings. The van der Waals surface area contributed by atoms with Crippen LogP contribution in [0.3, 0.4) is 0 Å². The molecule has 0 bridgehead atoms. The highest BCUT2D eigenvalue weighted by Gasteiger charge is 2.50. The molecule has 0 saturated heterocycles. The summed E-state index contributed by atoms with van der Waals surface area (Å²) in [4.78, 5) is 12.6. The third-order valence-corrected chi connectivity index (χ3v) is 6.66. The highest BCUT2D eigenvalue weighted by molar-refractivity contribution is 5.80. The van der Waals surface area contributed by atoms with Crippen molar-refractivity contribution < 1.29 is 10.2 Å². The SMILES string of the molecule is C[C@]1(CCc2ccc3ccc(N)nc3c2)C[C@@H](c2cnn3c(N)ncnc23)[C@H](O)[C@@H]1O. The van der Waals surface area contributed by atoms with E-state index in [9.17, 15) is 10.2 Å². The lowest BCUT2D eigenvalue weighted by Gasteiger charge is -2.28. The zero-order valence-electron chi connectivity index (χ0n) is 17.2. The summed E-state index contributed by atoms with van der Waals surface area (Å²) in [5.74, 6) is 0.439. The quantitative estimate of drug-likeness (QED) is 0.390. The lowest BCUT2D eigenvalue weighted by Crippen LogP contribution is -2.34. The molecule has 1 saturated carbocycles.